The summed E-state index contributed by atoms with van der Waals surface area (Å²) in [5.41, 5.74) is 7.03. The van der Waals surface area contributed by atoms with Crippen molar-refractivity contribution >= 4 is 34.1 Å². The minimum absolute atomic E-state index is 0.154. The Kier molecular flexibility index (Phi) is 6.30. The molecule has 1 aromatic carbocycles. The first-order valence-electron chi connectivity index (χ1n) is 7.88. The van der Waals surface area contributed by atoms with Gasteiger partial charge in [-0.2, -0.15) is 0 Å². The molecule has 0 fully saturated rings. The van der Waals surface area contributed by atoms with Gasteiger partial charge in [0.25, 0.3) is 5.91 Å². The molecule has 1 aromatic heterocycles. The maximum atomic E-state index is 12.2. The number of nitrogens with two attached hydrogens (primary N) is 1. The lowest BCUT2D eigenvalue weighted by molar-refractivity contribution is -0.116. The highest BCUT2D eigenvalue weighted by atomic mass is 32.1. The van der Waals surface area contributed by atoms with Crippen molar-refractivity contribution in [2.45, 2.75) is 26.7 Å². The van der Waals surface area contributed by atoms with Crippen LogP contribution in [0.25, 0.3) is 0 Å². The number of primary amides is 1. The van der Waals surface area contributed by atoms with Gasteiger partial charge in [-0.05, 0) is 31.4 Å². The smallest absolute Gasteiger partial charge is 0.348 e. The number of aryl methyl sites for hydroxylation is 1. The maximum absolute atomic E-state index is 12.2. The van der Waals surface area contributed by atoms with E-state index in [1.54, 1.807) is 13.8 Å². The second-order valence-electron chi connectivity index (χ2n) is 5.38. The molecule has 3 N–H and O–H groups in total. The third-order valence-corrected chi connectivity index (χ3v) is 4.78. The number of benzene rings is 1. The average molecular weight is 360 g/mol. The van der Waals surface area contributed by atoms with Crippen LogP contribution in [0.15, 0.2) is 30.3 Å². The molecule has 2 rings (SSSR count). The maximum Gasteiger partial charge on any atom is 0.348 e. The summed E-state index contributed by atoms with van der Waals surface area (Å²) in [6.07, 6.45) is 0.835. The molecule has 0 aliphatic rings. The fourth-order valence-electron chi connectivity index (χ4n) is 2.38. The summed E-state index contributed by atoms with van der Waals surface area (Å²) >= 11 is 1.01. The summed E-state index contributed by atoms with van der Waals surface area (Å²) in [6, 6.07) is 9.61. The monoisotopic (exact) mass is 360 g/mol. The summed E-state index contributed by atoms with van der Waals surface area (Å²) in [5, 5.41) is 2.97. The van der Waals surface area contributed by atoms with Gasteiger partial charge in [0, 0.05) is 6.42 Å². The first-order chi connectivity index (χ1) is 11.9. The number of hydrogen-bond donors (Lipinski definition) is 2. The lowest BCUT2D eigenvalue weighted by Crippen LogP contribution is -2.17. The highest BCUT2D eigenvalue weighted by Crippen LogP contribution is 2.33. The van der Waals surface area contributed by atoms with Gasteiger partial charge in [-0.1, -0.05) is 30.3 Å². The lowest BCUT2D eigenvalue weighted by Gasteiger charge is -2.05. The van der Waals surface area contributed by atoms with E-state index >= 15 is 0 Å². The summed E-state index contributed by atoms with van der Waals surface area (Å²) < 4.78 is 4.97. The van der Waals surface area contributed by atoms with E-state index < -0.39 is 11.9 Å². The van der Waals surface area contributed by atoms with E-state index in [9.17, 15) is 14.4 Å². The number of rotatable bonds is 7. The molecule has 0 aliphatic carbocycles. The van der Waals surface area contributed by atoms with Crippen molar-refractivity contribution in [1.29, 1.82) is 0 Å². The molecule has 2 amide bonds. The van der Waals surface area contributed by atoms with Crippen LogP contribution in [0.1, 0.15) is 44.5 Å². The molecule has 0 aliphatic heterocycles. The van der Waals surface area contributed by atoms with Crippen LogP contribution in [-0.4, -0.2) is 24.4 Å². The number of carbonyl (C=O) groups is 3. The standard InChI is InChI=1S/C18H20N2O4S/c1-3-24-18(23)15-11(2)14(16(19)22)17(25-15)20-13(21)10-9-12-7-5-4-6-8-12/h4-8H,3,9-10H2,1-2H3,(H2,19,22)(H,20,21). The summed E-state index contributed by atoms with van der Waals surface area (Å²) in [7, 11) is 0. The van der Waals surface area contributed by atoms with Crippen molar-refractivity contribution in [3.05, 3.63) is 51.9 Å². The van der Waals surface area contributed by atoms with Crippen molar-refractivity contribution in [2.24, 2.45) is 5.73 Å². The van der Waals surface area contributed by atoms with E-state index in [-0.39, 0.29) is 34.4 Å². The minimum Gasteiger partial charge on any atom is -0.462 e. The molecule has 0 saturated carbocycles. The highest BCUT2D eigenvalue weighted by molar-refractivity contribution is 7.18. The number of amides is 2. The Bertz CT molecular complexity index is 784. The van der Waals surface area contributed by atoms with Crippen LogP contribution >= 0.6 is 11.3 Å². The predicted octanol–water partition coefficient (Wildman–Crippen LogP) is 2.90. The number of esters is 1. The van der Waals surface area contributed by atoms with Gasteiger partial charge in [-0.25, -0.2) is 4.79 Å². The van der Waals surface area contributed by atoms with E-state index in [0.717, 1.165) is 16.9 Å². The molecule has 0 radical (unpaired) electrons. The van der Waals surface area contributed by atoms with Gasteiger partial charge >= 0.3 is 5.97 Å². The molecule has 7 heteroatoms. The zero-order valence-corrected chi connectivity index (χ0v) is 14.9. The van der Waals surface area contributed by atoms with E-state index in [1.807, 2.05) is 30.3 Å². The first kappa shape index (κ1) is 18.7. The van der Waals surface area contributed by atoms with Crippen LogP contribution in [0.5, 0.6) is 0 Å². The highest BCUT2D eigenvalue weighted by Gasteiger charge is 2.25. The Morgan fingerprint density at radius 2 is 1.88 bits per heavy atom. The number of ether oxygens (including phenoxy) is 1. The Labute approximate surface area is 150 Å². The zero-order valence-electron chi connectivity index (χ0n) is 14.1. The number of anilines is 1. The van der Waals surface area contributed by atoms with E-state index in [0.29, 0.717) is 12.0 Å². The van der Waals surface area contributed by atoms with Crippen molar-refractivity contribution in [2.75, 3.05) is 11.9 Å². The molecular weight excluding hydrogens is 340 g/mol. The van der Waals surface area contributed by atoms with Crippen molar-refractivity contribution in [3.63, 3.8) is 0 Å². The molecule has 25 heavy (non-hydrogen) atoms. The van der Waals surface area contributed by atoms with Crippen LogP contribution in [0, 0.1) is 6.92 Å². The molecule has 132 valence electrons. The number of nitrogens with one attached hydrogen (secondary N) is 1. The van der Waals surface area contributed by atoms with E-state index in [1.165, 1.54) is 0 Å². The van der Waals surface area contributed by atoms with Gasteiger partial charge in [0.15, 0.2) is 0 Å². The van der Waals surface area contributed by atoms with E-state index in [2.05, 4.69) is 5.32 Å². The molecular formula is C18H20N2O4S. The van der Waals surface area contributed by atoms with Gasteiger partial charge in [0.2, 0.25) is 5.91 Å². The second kappa shape index (κ2) is 8.43. The molecule has 0 bridgehead atoms. The molecule has 0 atom stereocenters. The SMILES string of the molecule is CCOC(=O)c1sc(NC(=O)CCc2ccccc2)c(C(N)=O)c1C. The van der Waals surface area contributed by atoms with Gasteiger partial charge in [-0.3, -0.25) is 9.59 Å². The van der Waals surface area contributed by atoms with Crippen LogP contribution in [0.2, 0.25) is 0 Å². The van der Waals surface area contributed by atoms with Gasteiger partial charge < -0.3 is 15.8 Å². The molecule has 0 saturated heterocycles. The largest absolute Gasteiger partial charge is 0.462 e. The van der Waals surface area contributed by atoms with E-state index in [4.69, 9.17) is 10.5 Å². The summed E-state index contributed by atoms with van der Waals surface area (Å²) in [6.45, 7) is 3.53. The molecule has 0 spiro atoms. The lowest BCUT2D eigenvalue weighted by atomic mass is 10.1. The minimum atomic E-state index is -0.692. The number of thiophene rings is 1. The first-order valence-corrected chi connectivity index (χ1v) is 8.69. The van der Waals surface area contributed by atoms with Gasteiger partial charge in [-0.15, -0.1) is 11.3 Å². The summed E-state index contributed by atoms with van der Waals surface area (Å²) in [5.74, 6) is -1.47. The Balaban J connectivity index is 2.14. The van der Waals surface area contributed by atoms with Gasteiger partial charge in [0.05, 0.1) is 12.2 Å². The normalized spacial score (nSPS) is 10.3. The van der Waals surface area contributed by atoms with Crippen molar-refractivity contribution < 1.29 is 19.1 Å². The quantitative estimate of drug-likeness (QED) is 0.742. The Hall–Kier alpha value is -2.67. The average Bonchev–Trinajstić information content (AvgIpc) is 2.90. The van der Waals surface area contributed by atoms with Crippen LogP contribution in [-0.2, 0) is 16.0 Å². The topological polar surface area (TPSA) is 98.5 Å². The fraction of sp³-hybridized carbons (Fsp3) is 0.278. The Morgan fingerprint density at radius 1 is 1.20 bits per heavy atom. The zero-order chi connectivity index (χ0) is 18.4. The third kappa shape index (κ3) is 4.67. The Morgan fingerprint density at radius 3 is 2.48 bits per heavy atom. The van der Waals surface area contributed by atoms with Crippen molar-refractivity contribution in [1.82, 2.24) is 0 Å². The van der Waals surface area contributed by atoms with Crippen LogP contribution in [0.4, 0.5) is 5.00 Å². The predicted molar refractivity (Wildman–Crippen MR) is 96.9 cm³/mol. The molecule has 0 unspecified atom stereocenters. The second-order valence-corrected chi connectivity index (χ2v) is 6.40. The van der Waals surface area contributed by atoms with Crippen molar-refractivity contribution in [3.8, 4) is 0 Å². The fourth-order valence-corrected chi connectivity index (χ4v) is 3.50. The summed E-state index contributed by atoms with van der Waals surface area (Å²) in [4.78, 5) is 36.2. The third-order valence-electron chi connectivity index (χ3n) is 3.59. The molecule has 1 heterocycles. The number of carbonyl (C=O) groups excluding carboxylic acids is 3. The molecule has 6 nitrogen and oxygen atoms in total. The molecule has 2 aromatic rings. The van der Waals surface area contributed by atoms with Crippen LogP contribution in [0.3, 0.4) is 0 Å². The van der Waals surface area contributed by atoms with Crippen LogP contribution < -0.4 is 11.1 Å². The van der Waals surface area contributed by atoms with Gasteiger partial charge in [0.1, 0.15) is 9.88 Å². The number of hydrogen-bond acceptors (Lipinski definition) is 5.